The standard InChI is InChI=1S/C25H30N4O3S/c1-18-11-12-19(16-23(18)33(30,31)26-17-20-8-7-15-32-20)24-21-9-3-4-10-22(21)25(28-27-24)29-13-5-2-6-14-29/h3-4,9-12,16,20,26H,2,5-8,13-15,17H2,1H3/t20-/m0/s1. The predicted octanol–water partition coefficient (Wildman–Crippen LogP) is 4.05. The van der Waals surface area contributed by atoms with Crippen LogP contribution in [0.3, 0.4) is 0 Å². The van der Waals surface area contributed by atoms with Gasteiger partial charge in [-0.2, -0.15) is 0 Å². The number of piperidine rings is 1. The maximum Gasteiger partial charge on any atom is 0.240 e. The number of hydrogen-bond donors (Lipinski definition) is 1. The number of ether oxygens (including phenoxy) is 1. The van der Waals surface area contributed by atoms with Crippen molar-refractivity contribution in [2.75, 3.05) is 31.1 Å². The number of aromatic nitrogens is 2. The Kier molecular flexibility index (Phi) is 6.32. The van der Waals surface area contributed by atoms with Crippen LogP contribution < -0.4 is 9.62 Å². The summed E-state index contributed by atoms with van der Waals surface area (Å²) in [5.41, 5.74) is 2.13. The van der Waals surface area contributed by atoms with Crippen LogP contribution in [0.2, 0.25) is 0 Å². The molecule has 0 unspecified atom stereocenters. The van der Waals surface area contributed by atoms with Crippen LogP contribution in [0.25, 0.3) is 22.0 Å². The van der Waals surface area contributed by atoms with Gasteiger partial charge in [0.15, 0.2) is 5.82 Å². The number of aryl methyl sites for hydroxylation is 1. The Labute approximate surface area is 195 Å². The molecule has 2 fully saturated rings. The monoisotopic (exact) mass is 466 g/mol. The Hall–Kier alpha value is -2.55. The van der Waals surface area contributed by atoms with Gasteiger partial charge < -0.3 is 9.64 Å². The van der Waals surface area contributed by atoms with Gasteiger partial charge in [-0.25, -0.2) is 13.1 Å². The Morgan fingerprint density at radius 3 is 2.58 bits per heavy atom. The number of hydrogen-bond acceptors (Lipinski definition) is 6. The van der Waals surface area contributed by atoms with Crippen molar-refractivity contribution in [2.24, 2.45) is 0 Å². The lowest BCUT2D eigenvalue weighted by molar-refractivity contribution is 0.114. The molecule has 2 aliphatic heterocycles. The third kappa shape index (κ3) is 4.60. The van der Waals surface area contributed by atoms with Crippen molar-refractivity contribution in [3.63, 3.8) is 0 Å². The number of nitrogens with zero attached hydrogens (tertiary/aromatic N) is 3. The summed E-state index contributed by atoms with van der Waals surface area (Å²) in [6, 6.07) is 13.6. The average molecular weight is 467 g/mol. The largest absolute Gasteiger partial charge is 0.377 e. The predicted molar refractivity (Wildman–Crippen MR) is 130 cm³/mol. The fraction of sp³-hybridized carbons (Fsp3) is 0.440. The molecule has 7 nitrogen and oxygen atoms in total. The Balaban J connectivity index is 1.51. The molecule has 0 aliphatic carbocycles. The smallest absolute Gasteiger partial charge is 0.240 e. The van der Waals surface area contributed by atoms with Gasteiger partial charge in [-0.05, 0) is 50.7 Å². The minimum Gasteiger partial charge on any atom is -0.377 e. The second-order valence-corrected chi connectivity index (χ2v) is 10.7. The molecule has 1 N–H and O–H groups in total. The highest BCUT2D eigenvalue weighted by Gasteiger charge is 2.23. The van der Waals surface area contributed by atoms with E-state index in [0.29, 0.717) is 24.4 Å². The molecule has 0 saturated carbocycles. The zero-order valence-corrected chi connectivity index (χ0v) is 19.8. The van der Waals surface area contributed by atoms with E-state index in [4.69, 9.17) is 4.74 Å². The number of anilines is 1. The summed E-state index contributed by atoms with van der Waals surface area (Å²) in [6.45, 7) is 4.77. The first kappa shape index (κ1) is 22.3. The van der Waals surface area contributed by atoms with Gasteiger partial charge in [-0.15, -0.1) is 10.2 Å². The van der Waals surface area contributed by atoms with Crippen molar-refractivity contribution in [3.8, 4) is 11.3 Å². The third-order valence-electron chi connectivity index (χ3n) is 6.60. The Morgan fingerprint density at radius 2 is 1.82 bits per heavy atom. The van der Waals surface area contributed by atoms with Gasteiger partial charge in [-0.1, -0.05) is 36.4 Å². The minimum atomic E-state index is -3.67. The van der Waals surface area contributed by atoms with E-state index in [2.05, 4.69) is 25.9 Å². The van der Waals surface area contributed by atoms with E-state index in [1.165, 1.54) is 6.42 Å². The van der Waals surface area contributed by atoms with Crippen LogP contribution in [-0.4, -0.2) is 51.0 Å². The molecule has 0 radical (unpaired) electrons. The lowest BCUT2D eigenvalue weighted by Crippen LogP contribution is -2.32. The number of benzene rings is 2. The summed E-state index contributed by atoms with van der Waals surface area (Å²) in [5, 5.41) is 11.2. The van der Waals surface area contributed by atoms with Crippen molar-refractivity contribution >= 4 is 26.6 Å². The number of nitrogens with one attached hydrogen (secondary N) is 1. The molecule has 8 heteroatoms. The summed E-state index contributed by atoms with van der Waals surface area (Å²) >= 11 is 0. The molecule has 2 aromatic carbocycles. The quantitative estimate of drug-likeness (QED) is 0.590. The molecule has 0 bridgehead atoms. The Bertz CT molecular complexity index is 1250. The van der Waals surface area contributed by atoms with E-state index in [1.807, 2.05) is 37.3 Å². The van der Waals surface area contributed by atoms with E-state index >= 15 is 0 Å². The van der Waals surface area contributed by atoms with E-state index < -0.39 is 10.0 Å². The first-order chi connectivity index (χ1) is 16.0. The van der Waals surface area contributed by atoms with Crippen LogP contribution in [0.15, 0.2) is 47.4 Å². The second-order valence-electron chi connectivity index (χ2n) is 8.93. The van der Waals surface area contributed by atoms with Crippen LogP contribution in [0.1, 0.15) is 37.7 Å². The van der Waals surface area contributed by atoms with Crippen LogP contribution >= 0.6 is 0 Å². The number of fused-ring (bicyclic) bond motifs is 1. The van der Waals surface area contributed by atoms with Crippen LogP contribution in [0.4, 0.5) is 5.82 Å². The first-order valence-electron chi connectivity index (χ1n) is 11.8. The normalized spacial score (nSPS) is 19.3. The third-order valence-corrected chi connectivity index (χ3v) is 8.17. The molecule has 0 amide bonds. The van der Waals surface area contributed by atoms with E-state index in [0.717, 1.165) is 60.9 Å². The topological polar surface area (TPSA) is 84.4 Å². The molecule has 2 aliphatic rings. The van der Waals surface area contributed by atoms with Crippen molar-refractivity contribution in [1.82, 2.24) is 14.9 Å². The molecular weight excluding hydrogens is 436 g/mol. The van der Waals surface area contributed by atoms with Crippen LogP contribution in [-0.2, 0) is 14.8 Å². The minimum absolute atomic E-state index is 0.0552. The zero-order chi connectivity index (χ0) is 22.8. The van der Waals surface area contributed by atoms with E-state index in [1.54, 1.807) is 6.07 Å². The summed E-state index contributed by atoms with van der Waals surface area (Å²) < 4.78 is 34.5. The second kappa shape index (κ2) is 9.37. The molecule has 33 heavy (non-hydrogen) atoms. The van der Waals surface area contributed by atoms with Crippen LogP contribution in [0, 0.1) is 6.92 Å². The van der Waals surface area contributed by atoms with Gasteiger partial charge in [0.05, 0.1) is 11.0 Å². The van der Waals surface area contributed by atoms with Gasteiger partial charge in [0, 0.05) is 42.6 Å². The van der Waals surface area contributed by atoms with E-state index in [-0.39, 0.29) is 11.0 Å². The molecule has 2 saturated heterocycles. The lowest BCUT2D eigenvalue weighted by Gasteiger charge is -2.28. The molecule has 1 atom stereocenters. The number of rotatable bonds is 6. The fourth-order valence-electron chi connectivity index (χ4n) is 4.76. The van der Waals surface area contributed by atoms with Crippen LogP contribution in [0.5, 0.6) is 0 Å². The molecule has 0 spiro atoms. The molecule has 174 valence electrons. The summed E-state index contributed by atoms with van der Waals surface area (Å²) in [4.78, 5) is 2.58. The van der Waals surface area contributed by atoms with Gasteiger partial charge in [0.2, 0.25) is 10.0 Å². The van der Waals surface area contributed by atoms with Gasteiger partial charge >= 0.3 is 0 Å². The maximum absolute atomic E-state index is 13.1. The number of sulfonamides is 1. The van der Waals surface area contributed by atoms with E-state index in [9.17, 15) is 8.42 Å². The SMILES string of the molecule is Cc1ccc(-c2nnc(N3CCCCC3)c3ccccc23)cc1S(=O)(=O)NC[C@@H]1CCCO1. The highest BCUT2D eigenvalue weighted by Crippen LogP contribution is 2.33. The van der Waals surface area contributed by atoms with Crippen molar-refractivity contribution in [3.05, 3.63) is 48.0 Å². The maximum atomic E-state index is 13.1. The summed E-state index contributed by atoms with van der Waals surface area (Å²) in [6.07, 6.45) is 5.38. The van der Waals surface area contributed by atoms with Gasteiger partial charge in [-0.3, -0.25) is 0 Å². The van der Waals surface area contributed by atoms with Crippen molar-refractivity contribution in [1.29, 1.82) is 0 Å². The average Bonchev–Trinajstić information content (AvgIpc) is 3.37. The first-order valence-corrected chi connectivity index (χ1v) is 13.2. The summed E-state index contributed by atoms with van der Waals surface area (Å²) in [5.74, 6) is 0.909. The molecule has 5 rings (SSSR count). The highest BCUT2D eigenvalue weighted by atomic mass is 32.2. The van der Waals surface area contributed by atoms with Crippen molar-refractivity contribution in [2.45, 2.75) is 50.0 Å². The Morgan fingerprint density at radius 1 is 1.03 bits per heavy atom. The molecule has 3 heterocycles. The molecule has 3 aromatic rings. The molecular formula is C25H30N4O3S. The fourth-order valence-corrected chi connectivity index (χ4v) is 6.10. The van der Waals surface area contributed by atoms with Gasteiger partial charge in [0.1, 0.15) is 5.69 Å². The van der Waals surface area contributed by atoms with Gasteiger partial charge in [0.25, 0.3) is 0 Å². The molecule has 1 aromatic heterocycles. The lowest BCUT2D eigenvalue weighted by atomic mass is 10.0. The highest BCUT2D eigenvalue weighted by molar-refractivity contribution is 7.89. The van der Waals surface area contributed by atoms with Crippen molar-refractivity contribution < 1.29 is 13.2 Å². The summed E-state index contributed by atoms with van der Waals surface area (Å²) in [7, 11) is -3.67. The zero-order valence-electron chi connectivity index (χ0n) is 19.0.